The highest BCUT2D eigenvalue weighted by Gasteiger charge is 2.27. The predicted octanol–water partition coefficient (Wildman–Crippen LogP) is 17.6. The summed E-state index contributed by atoms with van der Waals surface area (Å²) < 4.78 is 4.04. The standard InChI is InChI=1S/C51H83N2S2/c1-3-5-7-9-11-13-15-17-19-21-23-25-27-29-31-37-43-52-46-39-33-35-41-48(46)54-50(52)45-51-53(47-40-34-36-42-49(47)55-51)44-38-32-30-28-26-24-22-20-18-16-14-12-10-8-6-4-2/h33-36,39-42,45H,3-32,37-38,43-44H2,1-2H3/q+1. The van der Waals surface area contributed by atoms with Crippen LogP contribution >= 0.6 is 23.1 Å². The summed E-state index contributed by atoms with van der Waals surface area (Å²) in [5.74, 6) is 0. The molecule has 0 fully saturated rings. The lowest BCUT2D eigenvalue weighted by atomic mass is 10.0. The molecule has 0 saturated carbocycles. The summed E-state index contributed by atoms with van der Waals surface area (Å²) in [6, 6.07) is 18.2. The minimum Gasteiger partial charge on any atom is -0.335 e. The smallest absolute Gasteiger partial charge is 0.265 e. The van der Waals surface area contributed by atoms with Crippen LogP contribution in [0.1, 0.15) is 224 Å². The van der Waals surface area contributed by atoms with Gasteiger partial charge in [0, 0.05) is 23.9 Å². The van der Waals surface area contributed by atoms with Crippen molar-refractivity contribution in [2.45, 2.75) is 231 Å². The van der Waals surface area contributed by atoms with Gasteiger partial charge in [-0.2, -0.15) is 4.57 Å². The molecule has 0 N–H and O–H groups in total. The molecule has 55 heavy (non-hydrogen) atoms. The molecule has 0 radical (unpaired) electrons. The lowest BCUT2D eigenvalue weighted by molar-refractivity contribution is -0.669. The first-order chi connectivity index (χ1) is 27.3. The number of para-hydroxylation sites is 2. The van der Waals surface area contributed by atoms with Gasteiger partial charge in [0.05, 0.1) is 16.8 Å². The average Bonchev–Trinajstić information content (AvgIpc) is 3.74. The first kappa shape index (κ1) is 45.9. The number of thiazole rings is 1. The van der Waals surface area contributed by atoms with Gasteiger partial charge in [-0.05, 0) is 31.0 Å². The fraction of sp³-hybridized carbons (Fsp3) is 0.706. The number of hydrogen-bond acceptors (Lipinski definition) is 3. The van der Waals surface area contributed by atoms with E-state index in [4.69, 9.17) is 0 Å². The van der Waals surface area contributed by atoms with Crippen LogP contribution in [0.4, 0.5) is 5.69 Å². The van der Waals surface area contributed by atoms with Crippen molar-refractivity contribution in [3.05, 3.63) is 58.6 Å². The number of rotatable bonds is 35. The van der Waals surface area contributed by atoms with E-state index in [1.807, 2.05) is 23.1 Å². The number of anilines is 1. The van der Waals surface area contributed by atoms with E-state index < -0.39 is 0 Å². The van der Waals surface area contributed by atoms with Gasteiger partial charge in [-0.15, -0.1) is 0 Å². The maximum atomic E-state index is 2.63. The number of thioether (sulfide) groups is 1. The molecular formula is C51H83N2S2+. The molecule has 4 rings (SSSR count). The summed E-state index contributed by atoms with van der Waals surface area (Å²) in [6.45, 7) is 6.87. The number of aryl methyl sites for hydroxylation is 1. The Kier molecular flexibility index (Phi) is 25.3. The number of fused-ring (bicyclic) bond motifs is 2. The van der Waals surface area contributed by atoms with Crippen LogP contribution in [0.3, 0.4) is 0 Å². The first-order valence-corrected chi connectivity index (χ1v) is 25.6. The Labute approximate surface area is 348 Å². The number of hydrogen-bond donors (Lipinski definition) is 0. The van der Waals surface area contributed by atoms with Crippen molar-refractivity contribution >= 4 is 45.1 Å². The van der Waals surface area contributed by atoms with Gasteiger partial charge in [-0.25, -0.2) is 0 Å². The van der Waals surface area contributed by atoms with Gasteiger partial charge in [0.2, 0.25) is 5.52 Å². The van der Waals surface area contributed by atoms with Gasteiger partial charge in [0.15, 0.2) is 6.54 Å². The number of aromatic nitrogens is 1. The molecule has 308 valence electrons. The fourth-order valence-corrected chi connectivity index (χ4v) is 10.8. The van der Waals surface area contributed by atoms with Crippen LogP contribution in [0.2, 0.25) is 0 Å². The first-order valence-electron chi connectivity index (χ1n) is 24.0. The minimum absolute atomic E-state index is 1.12. The second-order valence-corrected chi connectivity index (χ2v) is 19.0. The predicted molar refractivity (Wildman–Crippen MR) is 249 cm³/mol. The van der Waals surface area contributed by atoms with Gasteiger partial charge in [0.25, 0.3) is 5.01 Å². The Hall–Kier alpha value is -1.78. The Bertz CT molecular complexity index is 1410. The van der Waals surface area contributed by atoms with Crippen molar-refractivity contribution in [2.75, 3.05) is 11.4 Å². The summed E-state index contributed by atoms with van der Waals surface area (Å²) in [7, 11) is 0. The van der Waals surface area contributed by atoms with Gasteiger partial charge in [-0.1, -0.05) is 247 Å². The molecule has 0 aliphatic carbocycles. The van der Waals surface area contributed by atoms with E-state index in [9.17, 15) is 0 Å². The topological polar surface area (TPSA) is 7.12 Å². The number of unbranched alkanes of at least 4 members (excludes halogenated alkanes) is 30. The monoisotopic (exact) mass is 788 g/mol. The van der Waals surface area contributed by atoms with E-state index in [-0.39, 0.29) is 0 Å². The van der Waals surface area contributed by atoms with E-state index >= 15 is 0 Å². The summed E-state index contributed by atoms with van der Waals surface area (Å²) in [5.41, 5.74) is 2.82. The molecule has 0 amide bonds. The molecule has 0 spiro atoms. The Morgan fingerprint density at radius 1 is 0.473 bits per heavy atom. The third-order valence-corrected chi connectivity index (χ3v) is 14.2. The van der Waals surface area contributed by atoms with E-state index in [0.29, 0.717) is 0 Å². The van der Waals surface area contributed by atoms with Crippen LogP contribution < -0.4 is 9.47 Å². The third-order valence-electron chi connectivity index (χ3n) is 12.0. The summed E-state index contributed by atoms with van der Waals surface area (Å²) in [6.07, 6.45) is 48.0. The lowest BCUT2D eigenvalue weighted by Crippen LogP contribution is -2.35. The average molecular weight is 788 g/mol. The number of nitrogens with zero attached hydrogens (tertiary/aromatic N) is 2. The zero-order valence-corrected chi connectivity index (χ0v) is 37.6. The highest BCUT2D eigenvalue weighted by atomic mass is 32.2. The van der Waals surface area contributed by atoms with Crippen LogP contribution in [0, 0.1) is 0 Å². The van der Waals surface area contributed by atoms with Gasteiger partial charge >= 0.3 is 0 Å². The summed E-state index contributed by atoms with van der Waals surface area (Å²) in [5, 5.41) is 2.82. The minimum atomic E-state index is 1.12. The number of benzene rings is 2. The van der Waals surface area contributed by atoms with E-state index in [0.717, 1.165) is 13.1 Å². The van der Waals surface area contributed by atoms with Crippen molar-refractivity contribution in [1.29, 1.82) is 0 Å². The molecule has 0 bridgehead atoms. The molecule has 2 heterocycles. The summed E-state index contributed by atoms with van der Waals surface area (Å²) in [4.78, 5) is 4.04. The molecular weight excluding hydrogens is 705 g/mol. The van der Waals surface area contributed by atoms with Gasteiger partial charge in [-0.3, -0.25) is 0 Å². The molecule has 1 aliphatic heterocycles. The Morgan fingerprint density at radius 3 is 1.40 bits per heavy atom. The van der Waals surface area contributed by atoms with E-state index in [2.05, 4.69) is 77.9 Å². The zero-order valence-electron chi connectivity index (χ0n) is 35.9. The van der Waals surface area contributed by atoms with Crippen LogP contribution in [-0.4, -0.2) is 6.54 Å². The normalized spacial score (nSPS) is 13.5. The molecule has 2 nitrogen and oxygen atoms in total. The highest BCUT2D eigenvalue weighted by Crippen LogP contribution is 2.47. The van der Waals surface area contributed by atoms with E-state index in [1.165, 1.54) is 236 Å². The molecule has 1 aromatic heterocycles. The maximum absolute atomic E-state index is 2.63. The molecule has 0 saturated heterocycles. The molecule has 1 aliphatic rings. The van der Waals surface area contributed by atoms with Crippen LogP contribution in [0.15, 0.2) is 58.5 Å². The van der Waals surface area contributed by atoms with Crippen molar-refractivity contribution < 1.29 is 4.57 Å². The van der Waals surface area contributed by atoms with Crippen LogP contribution in [0.25, 0.3) is 16.3 Å². The second-order valence-electron chi connectivity index (χ2n) is 16.9. The van der Waals surface area contributed by atoms with Gasteiger partial charge in [0.1, 0.15) is 4.70 Å². The maximum Gasteiger partial charge on any atom is 0.265 e. The van der Waals surface area contributed by atoms with Crippen molar-refractivity contribution in [1.82, 2.24) is 0 Å². The molecule has 4 heteroatoms. The highest BCUT2D eigenvalue weighted by molar-refractivity contribution is 8.03. The third kappa shape index (κ3) is 18.6. The fourth-order valence-electron chi connectivity index (χ4n) is 8.52. The van der Waals surface area contributed by atoms with Crippen molar-refractivity contribution in [2.24, 2.45) is 0 Å². The molecule has 0 atom stereocenters. The van der Waals surface area contributed by atoms with Crippen LogP contribution in [0.5, 0.6) is 0 Å². The molecule has 3 aromatic rings. The quantitative estimate of drug-likeness (QED) is 0.0433. The zero-order chi connectivity index (χ0) is 38.4. The molecule has 0 unspecified atom stereocenters. The lowest BCUT2D eigenvalue weighted by Gasteiger charge is -2.20. The SMILES string of the molecule is CCCCCCCCCCCCCCCCCCN1/C(=C\c2sc3ccccc3[n+]2CCCCCCCCCCCCCCCCCC)Sc2ccccc21. The second kappa shape index (κ2) is 30.3. The Balaban J connectivity index is 1.14. The van der Waals surface area contributed by atoms with E-state index in [1.54, 1.807) is 0 Å². The summed E-state index contributed by atoms with van der Waals surface area (Å²) >= 11 is 3.95. The van der Waals surface area contributed by atoms with Gasteiger partial charge < -0.3 is 4.90 Å². The van der Waals surface area contributed by atoms with Crippen LogP contribution in [-0.2, 0) is 6.54 Å². The largest absolute Gasteiger partial charge is 0.335 e. The molecule has 2 aromatic carbocycles. The van der Waals surface area contributed by atoms with Crippen molar-refractivity contribution in [3.8, 4) is 0 Å². The Morgan fingerprint density at radius 2 is 0.891 bits per heavy atom. The van der Waals surface area contributed by atoms with Crippen molar-refractivity contribution in [3.63, 3.8) is 0 Å².